The van der Waals surface area contributed by atoms with E-state index < -0.39 is 11.8 Å². The highest BCUT2D eigenvalue weighted by Gasteiger charge is 2.09. The molecule has 7 heteroatoms. The van der Waals surface area contributed by atoms with Gasteiger partial charge in [-0.2, -0.15) is 0 Å². The lowest BCUT2D eigenvalue weighted by Crippen LogP contribution is -2.31. The summed E-state index contributed by atoms with van der Waals surface area (Å²) in [6.07, 6.45) is 1.16. The zero-order valence-corrected chi connectivity index (χ0v) is 10.3. The van der Waals surface area contributed by atoms with Crippen LogP contribution >= 0.6 is 11.6 Å². The van der Waals surface area contributed by atoms with Crippen LogP contribution in [0.5, 0.6) is 0 Å². The predicted octanol–water partition coefficient (Wildman–Crippen LogP) is 1.74. The molecule has 0 bridgehead atoms. The molecule has 0 fully saturated rings. The Labute approximate surface area is 109 Å². The van der Waals surface area contributed by atoms with Gasteiger partial charge in [0.1, 0.15) is 5.82 Å². The molecule has 0 aromatic heterocycles. The van der Waals surface area contributed by atoms with Gasteiger partial charge in [-0.1, -0.05) is 17.7 Å². The Morgan fingerprint density at radius 2 is 2.17 bits per heavy atom. The highest BCUT2D eigenvalue weighted by molar-refractivity contribution is 6.33. The lowest BCUT2D eigenvalue weighted by molar-refractivity contribution is -0.109. The van der Waals surface area contributed by atoms with Crippen LogP contribution in [0.4, 0.5) is 14.9 Å². The van der Waals surface area contributed by atoms with Gasteiger partial charge in [0.2, 0.25) is 6.41 Å². The molecule has 18 heavy (non-hydrogen) atoms. The lowest BCUT2D eigenvalue weighted by Gasteiger charge is -2.09. The van der Waals surface area contributed by atoms with Gasteiger partial charge in [-0.3, -0.25) is 4.79 Å². The monoisotopic (exact) mass is 273 g/mol. The number of halogens is 2. The van der Waals surface area contributed by atoms with Crippen LogP contribution in [0.3, 0.4) is 0 Å². The fourth-order valence-electron chi connectivity index (χ4n) is 1.23. The Morgan fingerprint density at radius 1 is 1.39 bits per heavy atom. The molecule has 0 aliphatic rings. The quantitative estimate of drug-likeness (QED) is 0.546. The Kier molecular flexibility index (Phi) is 5.93. The third-order valence-corrected chi connectivity index (χ3v) is 2.38. The molecule has 0 saturated heterocycles. The number of hydrogen-bond acceptors (Lipinski definition) is 2. The number of rotatable bonds is 6. The second-order valence-electron chi connectivity index (χ2n) is 3.40. The first kappa shape index (κ1) is 14.2. The largest absolute Gasteiger partial charge is 0.359 e. The van der Waals surface area contributed by atoms with Crippen molar-refractivity contribution in [1.82, 2.24) is 10.6 Å². The van der Waals surface area contributed by atoms with Crippen molar-refractivity contribution in [2.24, 2.45) is 0 Å². The molecule has 5 nitrogen and oxygen atoms in total. The first-order valence-electron chi connectivity index (χ1n) is 5.31. The van der Waals surface area contributed by atoms with Gasteiger partial charge in [0.15, 0.2) is 0 Å². The topological polar surface area (TPSA) is 70.2 Å². The molecule has 3 N–H and O–H groups in total. The lowest BCUT2D eigenvalue weighted by atomic mass is 10.3. The van der Waals surface area contributed by atoms with Gasteiger partial charge in [-0.25, -0.2) is 9.18 Å². The number of nitrogens with one attached hydrogen (secondary N) is 3. The summed E-state index contributed by atoms with van der Waals surface area (Å²) in [4.78, 5) is 21.4. The average Bonchev–Trinajstić information content (AvgIpc) is 2.34. The summed E-state index contributed by atoms with van der Waals surface area (Å²) in [6.45, 7) is 0.822. The van der Waals surface area contributed by atoms with E-state index in [2.05, 4.69) is 16.0 Å². The van der Waals surface area contributed by atoms with Crippen LogP contribution in [0.15, 0.2) is 18.2 Å². The molecule has 0 atom stereocenters. The van der Waals surface area contributed by atoms with Gasteiger partial charge in [-0.05, 0) is 18.6 Å². The number of carbonyl (C=O) groups excluding carboxylic acids is 2. The molecule has 0 saturated carbocycles. The molecule has 1 rings (SSSR count). The van der Waals surface area contributed by atoms with E-state index in [0.29, 0.717) is 25.9 Å². The van der Waals surface area contributed by atoms with Crippen LogP contribution in [0, 0.1) is 5.82 Å². The molecule has 0 aliphatic heterocycles. The number of amides is 3. The fraction of sp³-hybridized carbons (Fsp3) is 0.273. The van der Waals surface area contributed by atoms with E-state index in [1.807, 2.05) is 0 Å². The van der Waals surface area contributed by atoms with Crippen LogP contribution < -0.4 is 16.0 Å². The molecule has 0 aliphatic carbocycles. The number of urea groups is 1. The predicted molar refractivity (Wildman–Crippen MR) is 67.1 cm³/mol. The summed E-state index contributed by atoms with van der Waals surface area (Å²) >= 11 is 5.74. The van der Waals surface area contributed by atoms with Crippen LogP contribution in [0.2, 0.25) is 5.02 Å². The van der Waals surface area contributed by atoms with E-state index in [4.69, 9.17) is 11.6 Å². The van der Waals surface area contributed by atoms with Crippen molar-refractivity contribution in [3.8, 4) is 0 Å². The summed E-state index contributed by atoms with van der Waals surface area (Å²) in [7, 11) is 0. The third-order valence-electron chi connectivity index (χ3n) is 2.07. The molecule has 98 valence electrons. The SMILES string of the molecule is O=CNCCCNC(=O)Nc1c(F)cccc1Cl. The van der Waals surface area contributed by atoms with E-state index in [-0.39, 0.29) is 10.7 Å². The van der Waals surface area contributed by atoms with E-state index in [1.165, 1.54) is 18.2 Å². The highest BCUT2D eigenvalue weighted by Crippen LogP contribution is 2.24. The standard InChI is InChI=1S/C11H13ClFN3O2/c12-8-3-1-4-9(13)10(8)16-11(18)15-6-2-5-14-7-17/h1,3-4,7H,2,5-6H2,(H,14,17)(H2,15,16,18). The summed E-state index contributed by atoms with van der Waals surface area (Å²) in [6, 6.07) is 3.59. The number of carbonyl (C=O) groups is 2. The first-order valence-corrected chi connectivity index (χ1v) is 5.69. The first-order chi connectivity index (χ1) is 8.65. The van der Waals surface area contributed by atoms with Gasteiger partial charge in [0.25, 0.3) is 0 Å². The molecule has 0 heterocycles. The van der Waals surface area contributed by atoms with Crippen molar-refractivity contribution in [2.45, 2.75) is 6.42 Å². The van der Waals surface area contributed by atoms with E-state index >= 15 is 0 Å². The molecule has 3 amide bonds. The molecular formula is C11H13ClFN3O2. The maximum atomic E-state index is 13.3. The molecule has 0 spiro atoms. The maximum Gasteiger partial charge on any atom is 0.319 e. The minimum atomic E-state index is -0.597. The molecule has 1 aromatic carbocycles. The van der Waals surface area contributed by atoms with Crippen LogP contribution in [-0.2, 0) is 4.79 Å². The van der Waals surface area contributed by atoms with Crippen LogP contribution in [0.1, 0.15) is 6.42 Å². The smallest absolute Gasteiger partial charge is 0.319 e. The minimum absolute atomic E-state index is 0.0531. The Bertz CT molecular complexity index is 408. The Morgan fingerprint density at radius 3 is 2.83 bits per heavy atom. The van der Waals surface area contributed by atoms with Gasteiger partial charge in [-0.15, -0.1) is 0 Å². The fourth-order valence-corrected chi connectivity index (χ4v) is 1.44. The van der Waals surface area contributed by atoms with Crippen molar-refractivity contribution >= 4 is 29.7 Å². The Balaban J connectivity index is 2.38. The van der Waals surface area contributed by atoms with Crippen molar-refractivity contribution in [3.05, 3.63) is 29.0 Å². The third kappa shape index (κ3) is 4.58. The number of hydrogen-bond donors (Lipinski definition) is 3. The average molecular weight is 274 g/mol. The molecule has 1 aromatic rings. The van der Waals surface area contributed by atoms with Crippen molar-refractivity contribution in [2.75, 3.05) is 18.4 Å². The number of para-hydroxylation sites is 1. The highest BCUT2D eigenvalue weighted by atomic mass is 35.5. The number of benzene rings is 1. The Hall–Kier alpha value is -1.82. The zero-order valence-electron chi connectivity index (χ0n) is 9.50. The summed E-state index contributed by atoms with van der Waals surface area (Å²) in [5.41, 5.74) is -0.0531. The molecular weight excluding hydrogens is 261 g/mol. The van der Waals surface area contributed by atoms with E-state index in [1.54, 1.807) is 0 Å². The van der Waals surface area contributed by atoms with Gasteiger partial charge in [0, 0.05) is 13.1 Å². The van der Waals surface area contributed by atoms with Crippen molar-refractivity contribution in [3.63, 3.8) is 0 Å². The maximum absolute atomic E-state index is 13.3. The van der Waals surface area contributed by atoms with Crippen molar-refractivity contribution in [1.29, 1.82) is 0 Å². The molecule has 0 radical (unpaired) electrons. The molecule has 0 unspecified atom stereocenters. The second kappa shape index (κ2) is 7.50. The zero-order chi connectivity index (χ0) is 13.4. The van der Waals surface area contributed by atoms with Gasteiger partial charge >= 0.3 is 6.03 Å². The summed E-state index contributed by atoms with van der Waals surface area (Å²) in [5.74, 6) is -0.597. The van der Waals surface area contributed by atoms with Crippen molar-refractivity contribution < 1.29 is 14.0 Å². The second-order valence-corrected chi connectivity index (χ2v) is 3.81. The summed E-state index contributed by atoms with van der Waals surface area (Å²) < 4.78 is 13.3. The summed E-state index contributed by atoms with van der Waals surface area (Å²) in [5, 5.41) is 7.42. The van der Waals surface area contributed by atoms with Gasteiger partial charge < -0.3 is 16.0 Å². The van der Waals surface area contributed by atoms with Gasteiger partial charge in [0.05, 0.1) is 10.7 Å². The van der Waals surface area contributed by atoms with Crippen LogP contribution in [-0.4, -0.2) is 25.5 Å². The van der Waals surface area contributed by atoms with Crippen LogP contribution in [0.25, 0.3) is 0 Å². The minimum Gasteiger partial charge on any atom is -0.359 e. The van der Waals surface area contributed by atoms with E-state index in [9.17, 15) is 14.0 Å². The van der Waals surface area contributed by atoms with E-state index in [0.717, 1.165) is 0 Å². The number of anilines is 1. The normalized spacial score (nSPS) is 9.67.